The van der Waals surface area contributed by atoms with Gasteiger partial charge in [-0.2, -0.15) is 0 Å². The molecule has 0 saturated heterocycles. The zero-order chi connectivity index (χ0) is 15.7. The predicted molar refractivity (Wildman–Crippen MR) is 86.0 cm³/mol. The molecule has 21 heavy (non-hydrogen) atoms. The molecule has 0 fully saturated rings. The lowest BCUT2D eigenvalue weighted by atomic mass is 9.99. The number of carbonyl (C=O) groups excluding carboxylic acids is 2. The second kappa shape index (κ2) is 10.1. The van der Waals surface area contributed by atoms with Crippen molar-refractivity contribution < 1.29 is 23.8 Å². The number of hydrogen-bond donors (Lipinski definition) is 0. The summed E-state index contributed by atoms with van der Waals surface area (Å²) >= 11 is 2.18. The molecule has 1 aliphatic carbocycles. The number of carbonyl (C=O) groups is 2. The van der Waals surface area contributed by atoms with E-state index in [1.807, 2.05) is 6.92 Å². The van der Waals surface area contributed by atoms with Gasteiger partial charge in [-0.15, -0.1) is 0 Å². The molecule has 0 aromatic carbocycles. The average molecular weight is 334 g/mol. The summed E-state index contributed by atoms with van der Waals surface area (Å²) in [5.41, 5.74) is 0. The zero-order valence-corrected chi connectivity index (χ0v) is 14.2. The molecule has 0 bridgehead atoms. The third kappa shape index (κ3) is 7.24. The van der Waals surface area contributed by atoms with Crippen LogP contribution in [0.4, 0.5) is 9.59 Å². The van der Waals surface area contributed by atoms with E-state index in [2.05, 4.69) is 0 Å². The van der Waals surface area contributed by atoms with Crippen LogP contribution in [0, 0.1) is 0 Å². The van der Waals surface area contributed by atoms with E-state index in [4.69, 9.17) is 14.2 Å². The van der Waals surface area contributed by atoms with Gasteiger partial charge in [0.1, 0.15) is 12.2 Å². The molecule has 0 radical (unpaired) electrons. The van der Waals surface area contributed by atoms with Crippen molar-refractivity contribution in [2.24, 2.45) is 0 Å². The van der Waals surface area contributed by atoms with E-state index in [1.165, 1.54) is 0 Å². The molecule has 120 valence electrons. The largest absolute Gasteiger partial charge is 0.450 e. The highest BCUT2D eigenvalue weighted by Crippen LogP contribution is 2.22. The third-order valence-electron chi connectivity index (χ3n) is 3.07. The van der Waals surface area contributed by atoms with Crippen LogP contribution >= 0.6 is 23.5 Å². The maximum atomic E-state index is 11.6. The van der Waals surface area contributed by atoms with E-state index in [9.17, 15) is 9.59 Å². The smallest absolute Gasteiger partial charge is 0.367 e. The maximum Gasteiger partial charge on any atom is 0.367 e. The third-order valence-corrected chi connectivity index (χ3v) is 4.12. The van der Waals surface area contributed by atoms with Gasteiger partial charge < -0.3 is 14.2 Å². The van der Waals surface area contributed by atoms with Crippen LogP contribution in [0.5, 0.6) is 0 Å². The first-order chi connectivity index (χ1) is 10.1. The van der Waals surface area contributed by atoms with Crippen LogP contribution in [0.25, 0.3) is 0 Å². The van der Waals surface area contributed by atoms with E-state index < -0.39 is 0 Å². The molecule has 3 atom stereocenters. The van der Waals surface area contributed by atoms with E-state index >= 15 is 0 Å². The number of methoxy groups -OCH3 is 1. The number of rotatable bonds is 4. The van der Waals surface area contributed by atoms with E-state index in [0.29, 0.717) is 18.6 Å². The Bertz CT molecular complexity index is 372. The van der Waals surface area contributed by atoms with Gasteiger partial charge in [0.2, 0.25) is 0 Å². The van der Waals surface area contributed by atoms with Gasteiger partial charge in [-0.3, -0.25) is 0 Å². The first kappa shape index (κ1) is 18.4. The quantitative estimate of drug-likeness (QED) is 0.571. The first-order valence-corrected chi connectivity index (χ1v) is 9.09. The van der Waals surface area contributed by atoms with Crippen molar-refractivity contribution in [1.82, 2.24) is 0 Å². The van der Waals surface area contributed by atoms with Crippen LogP contribution in [0.1, 0.15) is 26.2 Å². The van der Waals surface area contributed by atoms with Gasteiger partial charge >= 0.3 is 10.6 Å². The zero-order valence-electron chi connectivity index (χ0n) is 12.6. The summed E-state index contributed by atoms with van der Waals surface area (Å²) in [4.78, 5) is 22.9. The highest BCUT2D eigenvalue weighted by atomic mass is 32.2. The van der Waals surface area contributed by atoms with Crippen molar-refractivity contribution >= 4 is 34.1 Å². The van der Waals surface area contributed by atoms with Crippen molar-refractivity contribution in [2.75, 3.05) is 19.1 Å². The number of hydrogen-bond acceptors (Lipinski definition) is 7. The SMILES string of the molecule is CCSC(=O)OC1/C=C/C(OC(=O)SC)CCC(OC)C1. The van der Waals surface area contributed by atoms with Crippen molar-refractivity contribution in [1.29, 1.82) is 0 Å². The van der Waals surface area contributed by atoms with Crippen LogP contribution in [-0.4, -0.2) is 48.0 Å². The number of ether oxygens (including phenoxy) is 3. The van der Waals surface area contributed by atoms with E-state index in [0.717, 1.165) is 29.9 Å². The molecule has 0 amide bonds. The molecule has 5 nitrogen and oxygen atoms in total. The molecule has 1 rings (SSSR count). The second-order valence-electron chi connectivity index (χ2n) is 4.51. The predicted octanol–water partition coefficient (Wildman–Crippen LogP) is 3.87. The van der Waals surface area contributed by atoms with Gasteiger partial charge in [-0.25, -0.2) is 9.59 Å². The maximum absolute atomic E-state index is 11.6. The van der Waals surface area contributed by atoms with Crippen molar-refractivity contribution in [3.63, 3.8) is 0 Å². The highest BCUT2D eigenvalue weighted by molar-refractivity contribution is 8.13. The lowest BCUT2D eigenvalue weighted by molar-refractivity contribution is 0.0363. The molecule has 0 aliphatic heterocycles. The Kier molecular flexibility index (Phi) is 8.87. The Morgan fingerprint density at radius 2 is 1.81 bits per heavy atom. The van der Waals surface area contributed by atoms with E-state index in [1.54, 1.807) is 25.5 Å². The molecule has 0 aromatic heterocycles. The van der Waals surface area contributed by atoms with E-state index in [-0.39, 0.29) is 28.9 Å². The molecule has 3 unspecified atom stereocenters. The highest BCUT2D eigenvalue weighted by Gasteiger charge is 2.23. The average Bonchev–Trinajstić information content (AvgIpc) is 2.45. The van der Waals surface area contributed by atoms with Crippen LogP contribution in [0.3, 0.4) is 0 Å². The fourth-order valence-corrected chi connectivity index (χ4v) is 2.64. The minimum atomic E-state index is -0.350. The lowest BCUT2D eigenvalue weighted by Crippen LogP contribution is -2.27. The summed E-state index contributed by atoms with van der Waals surface area (Å²) in [6.45, 7) is 1.90. The number of thioether (sulfide) groups is 2. The molecule has 0 spiro atoms. The molecular weight excluding hydrogens is 312 g/mol. The Labute approximate surface area is 134 Å². The summed E-state index contributed by atoms with van der Waals surface area (Å²) in [5.74, 6) is 0.678. The van der Waals surface area contributed by atoms with Gasteiger partial charge in [0.25, 0.3) is 0 Å². The van der Waals surface area contributed by atoms with Gasteiger partial charge in [-0.1, -0.05) is 6.92 Å². The minimum absolute atomic E-state index is 0.0186. The van der Waals surface area contributed by atoms with Crippen molar-refractivity contribution in [2.45, 2.75) is 44.5 Å². The van der Waals surface area contributed by atoms with Crippen LogP contribution in [0.2, 0.25) is 0 Å². The Hall–Kier alpha value is -0.660. The Morgan fingerprint density at radius 1 is 1.14 bits per heavy atom. The van der Waals surface area contributed by atoms with Crippen LogP contribution < -0.4 is 0 Å². The summed E-state index contributed by atoms with van der Waals surface area (Å²) in [5, 5.41) is -0.602. The molecule has 0 heterocycles. The van der Waals surface area contributed by atoms with Gasteiger partial charge in [0.15, 0.2) is 0 Å². The van der Waals surface area contributed by atoms with Crippen molar-refractivity contribution in [3.05, 3.63) is 12.2 Å². The second-order valence-corrected chi connectivity index (χ2v) is 6.45. The standard InChI is InChI=1S/C14H22O5S2/c1-4-21-14(16)19-12-8-6-10(18-13(15)20-3)5-7-11(9-12)17-2/h6,8,10-12H,4-5,7,9H2,1-3H3/b8-6+. The van der Waals surface area contributed by atoms with Gasteiger partial charge in [-0.05, 0) is 54.8 Å². The minimum Gasteiger partial charge on any atom is -0.450 e. The molecular formula is C14H22O5S2. The molecule has 0 aromatic rings. The fraction of sp³-hybridized carbons (Fsp3) is 0.714. The topological polar surface area (TPSA) is 61.8 Å². The van der Waals surface area contributed by atoms with Gasteiger partial charge in [0, 0.05) is 19.3 Å². The van der Waals surface area contributed by atoms with Crippen LogP contribution in [0.15, 0.2) is 12.2 Å². The summed E-state index contributed by atoms with van der Waals surface area (Å²) in [6, 6.07) is 0. The Balaban J connectivity index is 2.68. The van der Waals surface area contributed by atoms with Crippen molar-refractivity contribution in [3.8, 4) is 0 Å². The molecule has 0 saturated carbocycles. The normalized spacial score (nSPS) is 27.3. The Morgan fingerprint density at radius 3 is 2.43 bits per heavy atom. The molecule has 1 aliphatic rings. The van der Waals surface area contributed by atoms with Gasteiger partial charge in [0.05, 0.1) is 6.10 Å². The summed E-state index contributed by atoms with van der Waals surface area (Å²) in [7, 11) is 1.64. The molecule has 0 N–H and O–H groups in total. The first-order valence-electron chi connectivity index (χ1n) is 6.88. The summed E-state index contributed by atoms with van der Waals surface area (Å²) in [6.07, 6.45) is 6.67. The fourth-order valence-electron chi connectivity index (χ4n) is 2.00. The lowest BCUT2D eigenvalue weighted by Gasteiger charge is -2.25. The monoisotopic (exact) mass is 334 g/mol. The summed E-state index contributed by atoms with van der Waals surface area (Å²) < 4.78 is 16.1. The van der Waals surface area contributed by atoms with Crippen LogP contribution in [-0.2, 0) is 14.2 Å². The molecule has 7 heteroatoms.